The van der Waals surface area contributed by atoms with Crippen LogP contribution in [0.2, 0.25) is 0 Å². The summed E-state index contributed by atoms with van der Waals surface area (Å²) in [5, 5.41) is 19.8. The standard InChI is InChI=1S/C31H27N3O4S2/c1-3-38-24-16-14-23(15-17-24)27-26(25(35)18-13-21-7-5-4-6-8-21)28(36)29(37)34(27)30-32-33-31(40-30)39-19-22-11-9-20(2)10-12-22/h4-18,27,36H,3,19H2,1-2H3. The number of hydrogen-bond acceptors (Lipinski definition) is 8. The van der Waals surface area contributed by atoms with Crippen LogP contribution < -0.4 is 9.64 Å². The van der Waals surface area contributed by atoms with Gasteiger partial charge in [0.25, 0.3) is 5.91 Å². The van der Waals surface area contributed by atoms with E-state index in [9.17, 15) is 14.7 Å². The minimum Gasteiger partial charge on any atom is -0.503 e. The van der Waals surface area contributed by atoms with Crippen LogP contribution in [-0.2, 0) is 15.3 Å². The lowest BCUT2D eigenvalue weighted by Gasteiger charge is -2.24. The van der Waals surface area contributed by atoms with Crippen LogP contribution in [0.5, 0.6) is 5.75 Å². The predicted octanol–water partition coefficient (Wildman–Crippen LogP) is 6.72. The molecule has 0 saturated heterocycles. The summed E-state index contributed by atoms with van der Waals surface area (Å²) in [6.45, 7) is 4.45. The van der Waals surface area contributed by atoms with Crippen LogP contribution in [0.1, 0.15) is 35.2 Å². The summed E-state index contributed by atoms with van der Waals surface area (Å²) in [4.78, 5) is 28.2. The molecule has 0 bridgehead atoms. The normalized spacial score (nSPS) is 15.3. The molecule has 40 heavy (non-hydrogen) atoms. The Kier molecular flexibility index (Phi) is 8.42. The number of thioether (sulfide) groups is 1. The Bertz CT molecular complexity index is 1560. The predicted molar refractivity (Wildman–Crippen MR) is 159 cm³/mol. The highest BCUT2D eigenvalue weighted by Gasteiger charge is 2.45. The first-order chi connectivity index (χ1) is 19.4. The van der Waals surface area contributed by atoms with Gasteiger partial charge in [-0.05, 0) is 48.7 Å². The molecule has 0 saturated carbocycles. The van der Waals surface area contributed by atoms with Crippen molar-refractivity contribution in [3.63, 3.8) is 0 Å². The largest absolute Gasteiger partial charge is 0.503 e. The molecule has 1 aliphatic heterocycles. The molecule has 2 heterocycles. The smallest absolute Gasteiger partial charge is 0.296 e. The average molecular weight is 570 g/mol. The van der Waals surface area contributed by atoms with Crippen LogP contribution in [-0.4, -0.2) is 33.6 Å². The van der Waals surface area contributed by atoms with Crippen LogP contribution in [0.3, 0.4) is 0 Å². The average Bonchev–Trinajstić information content (AvgIpc) is 3.54. The van der Waals surface area contributed by atoms with Gasteiger partial charge in [-0.2, -0.15) is 0 Å². The number of ether oxygens (including phenoxy) is 1. The van der Waals surface area contributed by atoms with Crippen molar-refractivity contribution in [1.29, 1.82) is 0 Å². The van der Waals surface area contributed by atoms with Crippen molar-refractivity contribution in [2.45, 2.75) is 30.0 Å². The van der Waals surface area contributed by atoms with Gasteiger partial charge in [0, 0.05) is 5.75 Å². The Labute approximate surface area is 240 Å². The maximum atomic E-state index is 13.4. The molecule has 1 N–H and O–H groups in total. The van der Waals surface area contributed by atoms with E-state index in [1.165, 1.54) is 39.6 Å². The molecule has 4 aromatic rings. The summed E-state index contributed by atoms with van der Waals surface area (Å²) in [7, 11) is 0. The monoisotopic (exact) mass is 569 g/mol. The van der Waals surface area contributed by atoms with Gasteiger partial charge in [-0.3, -0.25) is 14.5 Å². The third kappa shape index (κ3) is 6.00. The number of allylic oxidation sites excluding steroid dienone is 1. The number of amides is 1. The molecule has 9 heteroatoms. The van der Waals surface area contributed by atoms with Gasteiger partial charge < -0.3 is 9.84 Å². The Morgan fingerprint density at radius 3 is 2.48 bits per heavy atom. The van der Waals surface area contributed by atoms with Crippen molar-refractivity contribution in [3.05, 3.63) is 119 Å². The highest BCUT2D eigenvalue weighted by molar-refractivity contribution is 8.00. The maximum Gasteiger partial charge on any atom is 0.296 e. The quantitative estimate of drug-likeness (QED) is 0.129. The molecular formula is C31H27N3O4S2. The summed E-state index contributed by atoms with van der Waals surface area (Å²) in [5.74, 6) is -0.387. The van der Waals surface area contributed by atoms with Gasteiger partial charge >= 0.3 is 0 Å². The van der Waals surface area contributed by atoms with E-state index in [0.717, 1.165) is 11.1 Å². The van der Waals surface area contributed by atoms with Crippen molar-refractivity contribution in [2.24, 2.45) is 0 Å². The van der Waals surface area contributed by atoms with Crippen LogP contribution in [0, 0.1) is 6.92 Å². The lowest BCUT2D eigenvalue weighted by molar-refractivity contribution is -0.117. The second kappa shape index (κ2) is 12.3. The molecule has 0 radical (unpaired) electrons. The molecule has 7 nitrogen and oxygen atoms in total. The molecule has 1 aliphatic rings. The zero-order valence-electron chi connectivity index (χ0n) is 22.0. The highest BCUT2D eigenvalue weighted by Crippen LogP contribution is 2.43. The Balaban J connectivity index is 1.45. The Morgan fingerprint density at radius 1 is 1.05 bits per heavy atom. The molecule has 1 aromatic heterocycles. The number of nitrogens with zero attached hydrogens (tertiary/aromatic N) is 3. The third-order valence-corrected chi connectivity index (χ3v) is 8.42. The number of aliphatic hydroxyl groups excluding tert-OH is 1. The number of aliphatic hydroxyl groups is 1. The minimum absolute atomic E-state index is 0.00889. The molecule has 1 unspecified atom stereocenters. The number of rotatable bonds is 10. The molecule has 1 atom stereocenters. The summed E-state index contributed by atoms with van der Waals surface area (Å²) >= 11 is 2.76. The van der Waals surface area contributed by atoms with Gasteiger partial charge in [-0.1, -0.05) is 101 Å². The fourth-order valence-electron chi connectivity index (χ4n) is 4.30. The number of ketones is 1. The van der Waals surface area contributed by atoms with Crippen LogP contribution in [0.25, 0.3) is 6.08 Å². The minimum atomic E-state index is -0.876. The summed E-state index contributed by atoms with van der Waals surface area (Å²) in [6.07, 6.45) is 3.04. The SMILES string of the molecule is CCOc1ccc(C2C(C(=O)C=Cc3ccccc3)=C(O)C(=O)N2c2nnc(SCc3ccc(C)cc3)s2)cc1. The van der Waals surface area contributed by atoms with E-state index in [2.05, 4.69) is 34.5 Å². The van der Waals surface area contributed by atoms with Gasteiger partial charge in [0.15, 0.2) is 15.9 Å². The fourth-order valence-corrected chi connectivity index (χ4v) is 6.12. The van der Waals surface area contributed by atoms with Crippen LogP contribution >= 0.6 is 23.1 Å². The first kappa shape index (κ1) is 27.4. The lowest BCUT2D eigenvalue weighted by atomic mass is 9.95. The number of aromatic nitrogens is 2. The third-order valence-electron chi connectivity index (χ3n) is 6.29. The van der Waals surface area contributed by atoms with Gasteiger partial charge in [0.1, 0.15) is 5.75 Å². The topological polar surface area (TPSA) is 92.6 Å². The number of hydrogen-bond donors (Lipinski definition) is 1. The van der Waals surface area contributed by atoms with Crippen LogP contribution in [0.4, 0.5) is 5.13 Å². The van der Waals surface area contributed by atoms with Gasteiger partial charge in [0.05, 0.1) is 18.2 Å². The van der Waals surface area contributed by atoms with Gasteiger partial charge in [-0.15, -0.1) is 10.2 Å². The number of carbonyl (C=O) groups excluding carboxylic acids is 2. The van der Waals surface area contributed by atoms with E-state index in [0.29, 0.717) is 33.1 Å². The number of carbonyl (C=O) groups is 2. The highest BCUT2D eigenvalue weighted by atomic mass is 32.2. The molecule has 5 rings (SSSR count). The van der Waals surface area contributed by atoms with E-state index in [-0.39, 0.29) is 5.57 Å². The molecule has 202 valence electrons. The lowest BCUT2D eigenvalue weighted by Crippen LogP contribution is -2.30. The van der Waals surface area contributed by atoms with Gasteiger partial charge in [-0.25, -0.2) is 0 Å². The number of benzene rings is 3. The zero-order valence-corrected chi connectivity index (χ0v) is 23.6. The Morgan fingerprint density at radius 2 is 1.77 bits per heavy atom. The molecule has 0 fully saturated rings. The first-order valence-corrected chi connectivity index (χ1v) is 14.5. The first-order valence-electron chi connectivity index (χ1n) is 12.7. The van der Waals surface area contributed by atoms with Crippen molar-refractivity contribution in [3.8, 4) is 5.75 Å². The molecule has 3 aromatic carbocycles. The molecule has 0 spiro atoms. The Hall–Kier alpha value is -4.21. The van der Waals surface area contributed by atoms with E-state index in [4.69, 9.17) is 4.74 Å². The maximum absolute atomic E-state index is 13.4. The van der Waals surface area contributed by atoms with E-state index < -0.39 is 23.5 Å². The molecule has 0 aliphatic carbocycles. The summed E-state index contributed by atoms with van der Waals surface area (Å²) < 4.78 is 6.25. The number of anilines is 1. The van der Waals surface area contributed by atoms with Gasteiger partial charge in [0.2, 0.25) is 5.13 Å². The summed E-state index contributed by atoms with van der Waals surface area (Å²) in [6, 6.07) is 23.9. The van der Waals surface area contributed by atoms with Crippen LogP contribution in [0.15, 0.2) is 101 Å². The van der Waals surface area contributed by atoms with E-state index in [1.54, 1.807) is 30.3 Å². The van der Waals surface area contributed by atoms with Crippen molar-refractivity contribution < 1.29 is 19.4 Å². The van der Waals surface area contributed by atoms with E-state index >= 15 is 0 Å². The molecule has 1 amide bonds. The van der Waals surface area contributed by atoms with Crippen molar-refractivity contribution in [1.82, 2.24) is 10.2 Å². The fraction of sp³-hybridized carbons (Fsp3) is 0.161. The van der Waals surface area contributed by atoms with Crippen molar-refractivity contribution in [2.75, 3.05) is 11.5 Å². The van der Waals surface area contributed by atoms with Crippen molar-refractivity contribution >= 4 is 46.0 Å². The second-order valence-electron chi connectivity index (χ2n) is 9.08. The van der Waals surface area contributed by atoms with E-state index in [1.807, 2.05) is 44.2 Å². The summed E-state index contributed by atoms with van der Waals surface area (Å²) in [5.41, 5.74) is 3.80. The zero-order chi connectivity index (χ0) is 28.1. The molecular weight excluding hydrogens is 542 g/mol. The number of aryl methyl sites for hydroxylation is 1. The second-order valence-corrected chi connectivity index (χ2v) is 11.3.